The molecule has 0 spiro atoms. The molecule has 1 amide bonds. The van der Waals surface area contributed by atoms with E-state index in [1.807, 2.05) is 60.7 Å². The van der Waals surface area contributed by atoms with Crippen LogP contribution in [0.5, 0.6) is 5.75 Å². The molecule has 0 bridgehead atoms. The Morgan fingerprint density at radius 3 is 2.44 bits per heavy atom. The summed E-state index contributed by atoms with van der Waals surface area (Å²) in [5.74, 6) is 1.66. The molecule has 1 heterocycles. The van der Waals surface area contributed by atoms with Crippen LogP contribution in [0.1, 0.15) is 25.7 Å². The van der Waals surface area contributed by atoms with E-state index in [-0.39, 0.29) is 11.8 Å². The van der Waals surface area contributed by atoms with Crippen LogP contribution in [0.15, 0.2) is 60.7 Å². The molecule has 27 heavy (non-hydrogen) atoms. The number of nitrogens with zero attached hydrogens (tertiary/aromatic N) is 2. The van der Waals surface area contributed by atoms with E-state index in [0.29, 0.717) is 5.82 Å². The summed E-state index contributed by atoms with van der Waals surface area (Å²) >= 11 is 0. The Bertz CT molecular complexity index is 910. The first kappa shape index (κ1) is 17.3. The number of ether oxygens (including phenoxy) is 1. The molecule has 1 N–H and O–H groups in total. The molecule has 0 atom stereocenters. The molecule has 0 radical (unpaired) electrons. The topological polar surface area (TPSA) is 56.1 Å². The average Bonchev–Trinajstić information content (AvgIpc) is 3.39. The fourth-order valence-electron chi connectivity index (χ4n) is 3.56. The van der Waals surface area contributed by atoms with Crippen molar-refractivity contribution in [2.45, 2.75) is 25.7 Å². The summed E-state index contributed by atoms with van der Waals surface area (Å²) < 4.78 is 7.03. The van der Waals surface area contributed by atoms with Crippen LogP contribution in [0.2, 0.25) is 0 Å². The van der Waals surface area contributed by atoms with Gasteiger partial charge in [-0.25, -0.2) is 4.68 Å². The third-order valence-corrected chi connectivity index (χ3v) is 5.07. The Labute approximate surface area is 159 Å². The normalized spacial score (nSPS) is 14.3. The van der Waals surface area contributed by atoms with E-state index in [4.69, 9.17) is 9.84 Å². The molecule has 1 aliphatic carbocycles. The highest BCUT2D eigenvalue weighted by atomic mass is 16.5. The zero-order valence-corrected chi connectivity index (χ0v) is 15.4. The summed E-state index contributed by atoms with van der Waals surface area (Å²) in [6, 6.07) is 19.6. The maximum atomic E-state index is 12.7. The lowest BCUT2D eigenvalue weighted by Crippen LogP contribution is -2.22. The Balaban J connectivity index is 1.70. The molecular weight excluding hydrogens is 338 g/mol. The molecular formula is C22H23N3O2. The number of carbonyl (C=O) groups is 1. The maximum Gasteiger partial charge on any atom is 0.228 e. The smallest absolute Gasteiger partial charge is 0.228 e. The van der Waals surface area contributed by atoms with Gasteiger partial charge in [-0.2, -0.15) is 5.10 Å². The van der Waals surface area contributed by atoms with Crippen molar-refractivity contribution in [3.05, 3.63) is 60.7 Å². The van der Waals surface area contributed by atoms with Crippen molar-refractivity contribution in [3.63, 3.8) is 0 Å². The van der Waals surface area contributed by atoms with Crippen LogP contribution >= 0.6 is 0 Å². The minimum atomic E-state index is 0.0850. The van der Waals surface area contributed by atoms with Crippen molar-refractivity contribution in [3.8, 4) is 22.7 Å². The van der Waals surface area contributed by atoms with Gasteiger partial charge >= 0.3 is 0 Å². The van der Waals surface area contributed by atoms with Crippen molar-refractivity contribution in [2.75, 3.05) is 12.4 Å². The molecule has 3 aromatic rings. The van der Waals surface area contributed by atoms with Crippen molar-refractivity contribution in [2.24, 2.45) is 5.92 Å². The highest BCUT2D eigenvalue weighted by molar-refractivity contribution is 5.92. The summed E-state index contributed by atoms with van der Waals surface area (Å²) in [5, 5.41) is 7.85. The van der Waals surface area contributed by atoms with Crippen LogP contribution in [0.3, 0.4) is 0 Å². The zero-order valence-electron chi connectivity index (χ0n) is 15.4. The molecule has 5 heteroatoms. The molecule has 1 aromatic heterocycles. The summed E-state index contributed by atoms with van der Waals surface area (Å²) in [4.78, 5) is 12.7. The quantitative estimate of drug-likeness (QED) is 0.718. The van der Waals surface area contributed by atoms with Gasteiger partial charge < -0.3 is 10.1 Å². The van der Waals surface area contributed by atoms with Gasteiger partial charge in [-0.05, 0) is 37.1 Å². The lowest BCUT2D eigenvalue weighted by molar-refractivity contribution is -0.119. The average molecular weight is 361 g/mol. The number of aromatic nitrogens is 2. The highest BCUT2D eigenvalue weighted by Crippen LogP contribution is 2.29. The van der Waals surface area contributed by atoms with Crippen LogP contribution in [-0.2, 0) is 4.79 Å². The fourth-order valence-corrected chi connectivity index (χ4v) is 3.56. The number of anilines is 1. The third kappa shape index (κ3) is 3.72. The molecule has 1 aliphatic rings. The second kappa shape index (κ2) is 7.66. The first-order chi connectivity index (χ1) is 13.2. The van der Waals surface area contributed by atoms with Crippen LogP contribution < -0.4 is 10.1 Å². The Hall–Kier alpha value is -3.08. The minimum absolute atomic E-state index is 0.0850. The molecule has 138 valence electrons. The monoisotopic (exact) mass is 361 g/mol. The second-order valence-corrected chi connectivity index (χ2v) is 6.86. The second-order valence-electron chi connectivity index (χ2n) is 6.86. The third-order valence-electron chi connectivity index (χ3n) is 5.07. The van der Waals surface area contributed by atoms with Crippen molar-refractivity contribution >= 4 is 11.7 Å². The molecule has 0 aliphatic heterocycles. The summed E-state index contributed by atoms with van der Waals surface area (Å²) in [7, 11) is 1.64. The number of amides is 1. The first-order valence-electron chi connectivity index (χ1n) is 9.35. The fraction of sp³-hybridized carbons (Fsp3) is 0.273. The van der Waals surface area contributed by atoms with Crippen molar-refractivity contribution in [1.29, 1.82) is 0 Å². The number of methoxy groups -OCH3 is 1. The first-order valence-corrected chi connectivity index (χ1v) is 9.35. The van der Waals surface area contributed by atoms with Crippen LogP contribution in [0, 0.1) is 5.92 Å². The van der Waals surface area contributed by atoms with Crippen molar-refractivity contribution < 1.29 is 9.53 Å². The van der Waals surface area contributed by atoms with Gasteiger partial charge in [0.15, 0.2) is 0 Å². The van der Waals surface area contributed by atoms with Gasteiger partial charge in [0.1, 0.15) is 11.6 Å². The van der Waals surface area contributed by atoms with Gasteiger partial charge in [0, 0.05) is 17.5 Å². The number of hydrogen-bond acceptors (Lipinski definition) is 3. The largest absolute Gasteiger partial charge is 0.497 e. The SMILES string of the molecule is COc1ccc(-n2nc(-c3ccccc3)cc2NC(=O)C2CCCC2)cc1. The number of rotatable bonds is 5. The lowest BCUT2D eigenvalue weighted by Gasteiger charge is -2.12. The van der Waals surface area contributed by atoms with E-state index < -0.39 is 0 Å². The van der Waals surface area contributed by atoms with Gasteiger partial charge in [-0.1, -0.05) is 43.2 Å². The standard InChI is InChI=1S/C22H23N3O2/c1-27-19-13-11-18(12-14-19)25-21(23-22(26)17-9-5-6-10-17)15-20(24-25)16-7-3-2-4-8-16/h2-4,7-8,11-15,17H,5-6,9-10H2,1H3,(H,23,26). The zero-order chi connectivity index (χ0) is 18.6. The maximum absolute atomic E-state index is 12.7. The van der Waals surface area contributed by atoms with Crippen LogP contribution in [-0.4, -0.2) is 22.8 Å². The van der Waals surface area contributed by atoms with Gasteiger partial charge in [0.2, 0.25) is 5.91 Å². The Morgan fingerprint density at radius 1 is 1.07 bits per heavy atom. The number of benzene rings is 2. The van der Waals surface area contributed by atoms with E-state index >= 15 is 0 Å². The summed E-state index contributed by atoms with van der Waals surface area (Å²) in [6.07, 6.45) is 4.19. The van der Waals surface area contributed by atoms with E-state index in [9.17, 15) is 4.79 Å². The van der Waals surface area contributed by atoms with E-state index in [1.165, 1.54) is 0 Å². The molecule has 2 aromatic carbocycles. The van der Waals surface area contributed by atoms with Crippen LogP contribution in [0.4, 0.5) is 5.82 Å². The van der Waals surface area contributed by atoms with Gasteiger partial charge in [-0.15, -0.1) is 0 Å². The number of nitrogens with one attached hydrogen (secondary N) is 1. The molecule has 1 saturated carbocycles. The predicted molar refractivity (Wildman–Crippen MR) is 106 cm³/mol. The minimum Gasteiger partial charge on any atom is -0.497 e. The van der Waals surface area contributed by atoms with Gasteiger partial charge in [0.25, 0.3) is 0 Å². The van der Waals surface area contributed by atoms with Gasteiger partial charge in [0.05, 0.1) is 18.5 Å². The Kier molecular flexibility index (Phi) is 4.92. The van der Waals surface area contributed by atoms with E-state index in [0.717, 1.165) is 48.4 Å². The molecule has 5 nitrogen and oxygen atoms in total. The molecule has 0 saturated heterocycles. The van der Waals surface area contributed by atoms with E-state index in [1.54, 1.807) is 11.8 Å². The lowest BCUT2D eigenvalue weighted by atomic mass is 10.1. The van der Waals surface area contributed by atoms with Gasteiger partial charge in [-0.3, -0.25) is 4.79 Å². The van der Waals surface area contributed by atoms with Crippen LogP contribution in [0.25, 0.3) is 16.9 Å². The van der Waals surface area contributed by atoms with Crippen molar-refractivity contribution in [1.82, 2.24) is 9.78 Å². The molecule has 0 unspecified atom stereocenters. The summed E-state index contributed by atoms with van der Waals surface area (Å²) in [6.45, 7) is 0. The highest BCUT2D eigenvalue weighted by Gasteiger charge is 2.24. The van der Waals surface area contributed by atoms with E-state index in [2.05, 4.69) is 5.32 Å². The number of hydrogen-bond donors (Lipinski definition) is 1. The molecule has 1 fully saturated rings. The number of carbonyl (C=O) groups excluding carboxylic acids is 1. The predicted octanol–water partition coefficient (Wildman–Crippen LogP) is 4.68. The molecule has 4 rings (SSSR count). The Morgan fingerprint density at radius 2 is 1.78 bits per heavy atom. The summed E-state index contributed by atoms with van der Waals surface area (Å²) in [5.41, 5.74) is 2.72.